The number of rotatable bonds is 6. The fourth-order valence-corrected chi connectivity index (χ4v) is 4.92. The maximum atomic E-state index is 12.9. The number of hydrogen-bond acceptors (Lipinski definition) is 2. The first kappa shape index (κ1) is 20.9. The summed E-state index contributed by atoms with van der Waals surface area (Å²) in [5, 5.41) is 6.37. The van der Waals surface area contributed by atoms with Gasteiger partial charge >= 0.3 is 0 Å². The summed E-state index contributed by atoms with van der Waals surface area (Å²) in [6, 6.07) is 9.85. The second-order valence-corrected chi connectivity index (χ2v) is 9.15. The smallest absolute Gasteiger partial charge is 0.223 e. The zero-order valence-electron chi connectivity index (χ0n) is 17.5. The molecule has 0 aromatic heterocycles. The van der Waals surface area contributed by atoms with Crippen LogP contribution in [0.1, 0.15) is 76.8 Å². The van der Waals surface area contributed by atoms with Crippen LogP contribution in [0.3, 0.4) is 0 Å². The zero-order chi connectivity index (χ0) is 19.9. The third-order valence-corrected chi connectivity index (χ3v) is 6.61. The molecule has 0 saturated heterocycles. The van der Waals surface area contributed by atoms with Crippen LogP contribution in [0, 0.1) is 23.7 Å². The van der Waals surface area contributed by atoms with E-state index in [9.17, 15) is 9.59 Å². The van der Waals surface area contributed by atoms with Crippen molar-refractivity contribution < 1.29 is 9.59 Å². The molecule has 1 aromatic rings. The average Bonchev–Trinajstić information content (AvgIpc) is 2.71. The minimum absolute atomic E-state index is 0.102. The van der Waals surface area contributed by atoms with Crippen molar-refractivity contribution in [2.45, 2.75) is 71.3 Å². The number of amides is 2. The van der Waals surface area contributed by atoms with Gasteiger partial charge in [0.2, 0.25) is 11.8 Å². The van der Waals surface area contributed by atoms with Crippen LogP contribution in [0.5, 0.6) is 0 Å². The van der Waals surface area contributed by atoms with Crippen molar-refractivity contribution in [3.8, 4) is 0 Å². The first-order valence-corrected chi connectivity index (χ1v) is 11.2. The van der Waals surface area contributed by atoms with E-state index in [1.807, 2.05) is 30.3 Å². The standard InChI is InChI=1S/C24H36N2O2/c1-17-8-6-12-20(14-17)23(27)25-16-22(19-10-4-3-5-11-19)26-24(28)21-13-7-9-18(2)15-21/h3-5,10-11,17-18,20-22H,6-9,12-16H2,1-2H3,(H,25,27)(H,26,28). The highest BCUT2D eigenvalue weighted by atomic mass is 16.2. The van der Waals surface area contributed by atoms with Crippen molar-refractivity contribution in [1.82, 2.24) is 10.6 Å². The fraction of sp³-hybridized carbons (Fsp3) is 0.667. The zero-order valence-corrected chi connectivity index (χ0v) is 17.5. The van der Waals surface area contributed by atoms with E-state index < -0.39 is 0 Å². The molecule has 0 bridgehead atoms. The van der Waals surface area contributed by atoms with Crippen molar-refractivity contribution in [2.75, 3.05) is 6.54 Å². The summed E-state index contributed by atoms with van der Waals surface area (Å²) >= 11 is 0. The molecular formula is C24H36N2O2. The number of benzene rings is 1. The Kier molecular flexibility index (Phi) is 7.52. The Morgan fingerprint density at radius 1 is 0.893 bits per heavy atom. The molecule has 3 rings (SSSR count). The van der Waals surface area contributed by atoms with Gasteiger partial charge in [-0.1, -0.05) is 69.9 Å². The average molecular weight is 385 g/mol. The number of carbonyl (C=O) groups is 2. The summed E-state index contributed by atoms with van der Waals surface area (Å²) in [5.74, 6) is 1.75. The number of hydrogen-bond donors (Lipinski definition) is 2. The van der Waals surface area contributed by atoms with Gasteiger partial charge in [-0.2, -0.15) is 0 Å². The van der Waals surface area contributed by atoms with E-state index in [2.05, 4.69) is 24.5 Å². The van der Waals surface area contributed by atoms with Crippen LogP contribution in [-0.2, 0) is 9.59 Å². The van der Waals surface area contributed by atoms with Gasteiger partial charge in [0.15, 0.2) is 0 Å². The van der Waals surface area contributed by atoms with E-state index in [1.165, 1.54) is 12.8 Å². The van der Waals surface area contributed by atoms with E-state index in [-0.39, 0.29) is 29.7 Å². The summed E-state index contributed by atoms with van der Waals surface area (Å²) < 4.78 is 0. The van der Waals surface area contributed by atoms with E-state index >= 15 is 0 Å². The molecule has 154 valence electrons. The molecule has 28 heavy (non-hydrogen) atoms. The monoisotopic (exact) mass is 384 g/mol. The van der Waals surface area contributed by atoms with Crippen molar-refractivity contribution in [3.63, 3.8) is 0 Å². The quantitative estimate of drug-likeness (QED) is 0.752. The van der Waals surface area contributed by atoms with Gasteiger partial charge in [-0.05, 0) is 43.1 Å². The normalized spacial score (nSPS) is 28.9. The van der Waals surface area contributed by atoms with Gasteiger partial charge in [0, 0.05) is 18.4 Å². The minimum atomic E-state index is -0.170. The molecule has 0 spiro atoms. The van der Waals surface area contributed by atoms with E-state index in [0.717, 1.165) is 44.1 Å². The Balaban J connectivity index is 1.61. The van der Waals surface area contributed by atoms with Crippen LogP contribution in [0.25, 0.3) is 0 Å². The van der Waals surface area contributed by atoms with E-state index in [4.69, 9.17) is 0 Å². The molecule has 2 aliphatic rings. The lowest BCUT2D eigenvalue weighted by Gasteiger charge is -2.29. The van der Waals surface area contributed by atoms with Gasteiger partial charge in [-0.3, -0.25) is 9.59 Å². The molecule has 5 atom stereocenters. The first-order valence-electron chi connectivity index (χ1n) is 11.2. The Labute approximate surface area is 169 Å². The van der Waals surface area contributed by atoms with Gasteiger partial charge in [0.05, 0.1) is 6.04 Å². The lowest BCUT2D eigenvalue weighted by atomic mass is 9.81. The van der Waals surface area contributed by atoms with E-state index in [0.29, 0.717) is 18.4 Å². The molecule has 4 nitrogen and oxygen atoms in total. The van der Waals surface area contributed by atoms with Crippen molar-refractivity contribution >= 4 is 11.8 Å². The second kappa shape index (κ2) is 10.1. The molecular weight excluding hydrogens is 348 g/mol. The number of nitrogens with one attached hydrogen (secondary N) is 2. The predicted octanol–water partition coefficient (Wildman–Crippen LogP) is 4.61. The molecule has 0 heterocycles. The van der Waals surface area contributed by atoms with Gasteiger partial charge < -0.3 is 10.6 Å². The van der Waals surface area contributed by atoms with Crippen LogP contribution in [0.4, 0.5) is 0 Å². The predicted molar refractivity (Wildman–Crippen MR) is 113 cm³/mol. The summed E-state index contributed by atoms with van der Waals surface area (Å²) in [6.45, 7) is 4.93. The lowest BCUT2D eigenvalue weighted by Crippen LogP contribution is -2.43. The maximum absolute atomic E-state index is 12.9. The molecule has 2 fully saturated rings. The lowest BCUT2D eigenvalue weighted by molar-refractivity contribution is -0.129. The van der Waals surface area contributed by atoms with Gasteiger partial charge in [0.25, 0.3) is 0 Å². The molecule has 2 aliphatic carbocycles. The Morgan fingerprint density at radius 3 is 2.04 bits per heavy atom. The van der Waals surface area contributed by atoms with Crippen molar-refractivity contribution in [1.29, 1.82) is 0 Å². The molecule has 5 unspecified atom stereocenters. The summed E-state index contributed by atoms with van der Waals surface area (Å²) in [5.41, 5.74) is 1.05. The first-order chi connectivity index (χ1) is 13.5. The molecule has 2 N–H and O–H groups in total. The molecule has 4 heteroatoms. The Bertz CT molecular complexity index is 645. The van der Waals surface area contributed by atoms with Crippen LogP contribution in [0.15, 0.2) is 30.3 Å². The fourth-order valence-electron chi connectivity index (χ4n) is 4.92. The topological polar surface area (TPSA) is 58.2 Å². The molecule has 2 saturated carbocycles. The third kappa shape index (κ3) is 5.83. The Morgan fingerprint density at radius 2 is 1.46 bits per heavy atom. The van der Waals surface area contributed by atoms with Crippen molar-refractivity contribution in [2.24, 2.45) is 23.7 Å². The summed E-state index contributed by atoms with van der Waals surface area (Å²) in [7, 11) is 0. The highest BCUT2D eigenvalue weighted by Gasteiger charge is 2.28. The summed E-state index contributed by atoms with van der Waals surface area (Å²) in [4.78, 5) is 25.6. The largest absolute Gasteiger partial charge is 0.353 e. The molecule has 1 aromatic carbocycles. The van der Waals surface area contributed by atoms with Gasteiger partial charge in [-0.25, -0.2) is 0 Å². The second-order valence-electron chi connectivity index (χ2n) is 9.15. The van der Waals surface area contributed by atoms with Crippen LogP contribution in [0.2, 0.25) is 0 Å². The Hall–Kier alpha value is -1.84. The maximum Gasteiger partial charge on any atom is 0.223 e. The van der Waals surface area contributed by atoms with Crippen LogP contribution in [-0.4, -0.2) is 18.4 Å². The molecule has 0 aliphatic heterocycles. The van der Waals surface area contributed by atoms with E-state index in [1.54, 1.807) is 0 Å². The van der Waals surface area contributed by atoms with Crippen LogP contribution >= 0.6 is 0 Å². The van der Waals surface area contributed by atoms with Gasteiger partial charge in [0.1, 0.15) is 0 Å². The van der Waals surface area contributed by atoms with Gasteiger partial charge in [-0.15, -0.1) is 0 Å². The van der Waals surface area contributed by atoms with Crippen LogP contribution < -0.4 is 10.6 Å². The SMILES string of the molecule is CC1CCCC(C(=O)NCC(NC(=O)C2CCCC(C)C2)c2ccccc2)C1. The highest BCUT2D eigenvalue weighted by molar-refractivity contribution is 5.80. The summed E-state index contributed by atoms with van der Waals surface area (Å²) in [6.07, 6.45) is 8.63. The highest BCUT2D eigenvalue weighted by Crippen LogP contribution is 2.30. The molecule has 0 radical (unpaired) electrons. The third-order valence-electron chi connectivity index (χ3n) is 6.61. The minimum Gasteiger partial charge on any atom is -0.353 e. The molecule has 2 amide bonds. The van der Waals surface area contributed by atoms with Crippen molar-refractivity contribution in [3.05, 3.63) is 35.9 Å². The number of carbonyl (C=O) groups excluding carboxylic acids is 2.